The Morgan fingerprint density at radius 3 is 2.43 bits per heavy atom. The number of carbonyl (C=O) groups is 2. The van der Waals surface area contributed by atoms with Gasteiger partial charge in [0.1, 0.15) is 0 Å². The van der Waals surface area contributed by atoms with E-state index in [-0.39, 0.29) is 12.4 Å². The van der Waals surface area contributed by atoms with Gasteiger partial charge in [-0.05, 0) is 53.0 Å². The molecule has 0 atom stereocenters. The molecule has 2 aromatic rings. The van der Waals surface area contributed by atoms with Gasteiger partial charge in [-0.1, -0.05) is 18.2 Å². The fourth-order valence-electron chi connectivity index (χ4n) is 1.81. The number of benzene rings is 1. The molecule has 0 aliphatic carbocycles. The van der Waals surface area contributed by atoms with Crippen LogP contribution in [0.2, 0.25) is 0 Å². The Kier molecular flexibility index (Phi) is 4.80. The molecule has 1 aromatic heterocycles. The van der Waals surface area contributed by atoms with Crippen LogP contribution in [0.25, 0.3) is 0 Å². The van der Waals surface area contributed by atoms with Crippen molar-refractivity contribution in [1.82, 2.24) is 0 Å². The highest BCUT2D eigenvalue weighted by atomic mass is 79.9. The van der Waals surface area contributed by atoms with Crippen molar-refractivity contribution < 1.29 is 18.7 Å². The number of carbonyl (C=O) groups excluding carboxylic acids is 2. The fraction of sp³-hybridized carbons (Fsp3) is 0.200. The summed E-state index contributed by atoms with van der Waals surface area (Å²) in [6, 6.07) is 8.75. The number of amides is 1. The van der Waals surface area contributed by atoms with Crippen molar-refractivity contribution in [3.05, 3.63) is 51.9 Å². The first-order valence-corrected chi connectivity index (χ1v) is 7.05. The van der Waals surface area contributed by atoms with E-state index in [2.05, 4.69) is 21.2 Å². The third-order valence-electron chi connectivity index (χ3n) is 2.85. The van der Waals surface area contributed by atoms with Crippen LogP contribution < -0.4 is 5.32 Å². The van der Waals surface area contributed by atoms with Crippen molar-refractivity contribution in [3.8, 4) is 0 Å². The number of halogens is 1. The van der Waals surface area contributed by atoms with Crippen LogP contribution in [0.4, 0.5) is 5.69 Å². The molecule has 2 rings (SSSR count). The zero-order chi connectivity index (χ0) is 15.4. The van der Waals surface area contributed by atoms with Crippen molar-refractivity contribution in [2.24, 2.45) is 0 Å². The highest BCUT2D eigenvalue weighted by Gasteiger charge is 2.14. The van der Waals surface area contributed by atoms with Crippen LogP contribution in [-0.2, 0) is 9.53 Å². The monoisotopic (exact) mass is 351 g/mol. The molecular weight excluding hydrogens is 338 g/mol. The minimum Gasteiger partial charge on any atom is -0.450 e. The highest BCUT2D eigenvalue weighted by Crippen LogP contribution is 2.19. The summed E-state index contributed by atoms with van der Waals surface area (Å²) in [5.41, 5.74) is 2.63. The summed E-state index contributed by atoms with van der Waals surface area (Å²) in [7, 11) is 0. The minimum absolute atomic E-state index is 0.0433. The average Bonchev–Trinajstić information content (AvgIpc) is 2.87. The van der Waals surface area contributed by atoms with Gasteiger partial charge in [0.15, 0.2) is 11.3 Å². The molecule has 1 heterocycles. The van der Waals surface area contributed by atoms with Crippen molar-refractivity contribution in [2.75, 3.05) is 11.9 Å². The number of rotatable bonds is 4. The third-order valence-corrected chi connectivity index (χ3v) is 3.28. The van der Waals surface area contributed by atoms with Gasteiger partial charge in [0, 0.05) is 5.69 Å². The molecule has 1 N–H and O–H groups in total. The molecule has 0 fully saturated rings. The first kappa shape index (κ1) is 15.3. The quantitative estimate of drug-likeness (QED) is 0.856. The molecule has 0 radical (unpaired) electrons. The lowest BCUT2D eigenvalue weighted by atomic mass is 10.1. The second-order valence-corrected chi connectivity index (χ2v) is 5.28. The smallest absolute Gasteiger partial charge is 0.374 e. The van der Waals surface area contributed by atoms with Crippen LogP contribution in [0.1, 0.15) is 21.7 Å². The maximum atomic E-state index is 11.8. The summed E-state index contributed by atoms with van der Waals surface area (Å²) in [6.45, 7) is 3.43. The Labute approximate surface area is 130 Å². The van der Waals surface area contributed by atoms with E-state index in [1.54, 1.807) is 6.07 Å². The first-order chi connectivity index (χ1) is 9.97. The standard InChI is InChI=1S/C15H14BrNO4/c1-9-4-3-5-10(2)14(9)17-13(18)8-20-15(19)11-6-7-12(16)21-11/h3-7H,8H2,1-2H3,(H,17,18). The number of nitrogens with one attached hydrogen (secondary N) is 1. The summed E-state index contributed by atoms with van der Waals surface area (Å²) in [6.07, 6.45) is 0. The van der Waals surface area contributed by atoms with Gasteiger partial charge < -0.3 is 14.5 Å². The molecule has 21 heavy (non-hydrogen) atoms. The van der Waals surface area contributed by atoms with E-state index < -0.39 is 11.9 Å². The molecule has 110 valence electrons. The van der Waals surface area contributed by atoms with Crippen molar-refractivity contribution in [1.29, 1.82) is 0 Å². The Balaban J connectivity index is 1.92. The zero-order valence-corrected chi connectivity index (χ0v) is 13.2. The van der Waals surface area contributed by atoms with Gasteiger partial charge in [-0.25, -0.2) is 4.79 Å². The van der Waals surface area contributed by atoms with E-state index in [1.807, 2.05) is 32.0 Å². The summed E-state index contributed by atoms with van der Waals surface area (Å²) in [5, 5.41) is 2.73. The molecule has 0 aliphatic heterocycles. The second kappa shape index (κ2) is 6.58. The first-order valence-electron chi connectivity index (χ1n) is 6.26. The number of hydrogen-bond donors (Lipinski definition) is 1. The molecule has 0 spiro atoms. The van der Waals surface area contributed by atoms with Crippen LogP contribution in [0.15, 0.2) is 39.4 Å². The van der Waals surface area contributed by atoms with Gasteiger partial charge in [0.05, 0.1) is 0 Å². The lowest BCUT2D eigenvalue weighted by molar-refractivity contribution is -0.119. The van der Waals surface area contributed by atoms with Crippen LogP contribution >= 0.6 is 15.9 Å². The number of hydrogen-bond acceptors (Lipinski definition) is 4. The maximum absolute atomic E-state index is 11.8. The number of anilines is 1. The van der Waals surface area contributed by atoms with Gasteiger partial charge in [-0.3, -0.25) is 4.79 Å². The molecule has 1 aromatic carbocycles. The lowest BCUT2D eigenvalue weighted by Gasteiger charge is -2.11. The van der Waals surface area contributed by atoms with E-state index >= 15 is 0 Å². The Morgan fingerprint density at radius 1 is 1.19 bits per heavy atom. The van der Waals surface area contributed by atoms with Gasteiger partial charge in [0.2, 0.25) is 5.76 Å². The highest BCUT2D eigenvalue weighted by molar-refractivity contribution is 9.10. The van der Waals surface area contributed by atoms with Crippen LogP contribution in [-0.4, -0.2) is 18.5 Å². The van der Waals surface area contributed by atoms with Crippen molar-refractivity contribution >= 4 is 33.5 Å². The minimum atomic E-state index is -0.683. The number of furan rings is 1. The molecule has 5 nitrogen and oxygen atoms in total. The van der Waals surface area contributed by atoms with Crippen LogP contribution in [0.5, 0.6) is 0 Å². The molecule has 6 heteroatoms. The Hall–Kier alpha value is -2.08. The van der Waals surface area contributed by atoms with Gasteiger partial charge >= 0.3 is 5.97 Å². The maximum Gasteiger partial charge on any atom is 0.374 e. The predicted octanol–water partition coefficient (Wildman–Crippen LogP) is 3.45. The van der Waals surface area contributed by atoms with E-state index in [0.29, 0.717) is 4.67 Å². The fourth-order valence-corrected chi connectivity index (χ4v) is 2.12. The topological polar surface area (TPSA) is 68.5 Å². The molecule has 0 saturated heterocycles. The number of aryl methyl sites for hydroxylation is 2. The zero-order valence-electron chi connectivity index (χ0n) is 11.6. The van der Waals surface area contributed by atoms with Gasteiger partial charge in [-0.15, -0.1) is 0 Å². The molecular formula is C15H14BrNO4. The Bertz CT molecular complexity index is 658. The van der Waals surface area contributed by atoms with Gasteiger partial charge in [-0.2, -0.15) is 0 Å². The SMILES string of the molecule is Cc1cccc(C)c1NC(=O)COC(=O)c1ccc(Br)o1. The Morgan fingerprint density at radius 2 is 1.86 bits per heavy atom. The van der Waals surface area contributed by atoms with E-state index in [1.165, 1.54) is 6.07 Å². The van der Waals surface area contributed by atoms with E-state index in [4.69, 9.17) is 9.15 Å². The summed E-state index contributed by atoms with van der Waals surface area (Å²) < 4.78 is 10.4. The third kappa shape index (κ3) is 3.95. The van der Waals surface area contributed by atoms with E-state index in [0.717, 1.165) is 16.8 Å². The number of ether oxygens (including phenoxy) is 1. The van der Waals surface area contributed by atoms with Crippen LogP contribution in [0.3, 0.4) is 0 Å². The van der Waals surface area contributed by atoms with Crippen molar-refractivity contribution in [2.45, 2.75) is 13.8 Å². The molecule has 0 aliphatic rings. The second-order valence-electron chi connectivity index (χ2n) is 4.49. The lowest BCUT2D eigenvalue weighted by Crippen LogP contribution is -2.21. The predicted molar refractivity (Wildman–Crippen MR) is 81.2 cm³/mol. The van der Waals surface area contributed by atoms with Crippen molar-refractivity contribution in [3.63, 3.8) is 0 Å². The van der Waals surface area contributed by atoms with Gasteiger partial charge in [0.25, 0.3) is 5.91 Å². The summed E-state index contributed by atoms with van der Waals surface area (Å²) >= 11 is 3.09. The summed E-state index contributed by atoms with van der Waals surface area (Å²) in [4.78, 5) is 23.5. The summed E-state index contributed by atoms with van der Waals surface area (Å²) in [5.74, 6) is -1.04. The molecule has 0 unspecified atom stereocenters. The number of esters is 1. The molecule has 0 saturated carbocycles. The molecule has 0 bridgehead atoms. The largest absolute Gasteiger partial charge is 0.450 e. The van der Waals surface area contributed by atoms with E-state index in [9.17, 15) is 9.59 Å². The normalized spacial score (nSPS) is 10.2. The molecule has 1 amide bonds. The number of para-hydroxylation sites is 1. The average molecular weight is 352 g/mol. The van der Waals surface area contributed by atoms with Crippen LogP contribution in [0, 0.1) is 13.8 Å².